The van der Waals surface area contributed by atoms with Gasteiger partial charge >= 0.3 is 0 Å². The van der Waals surface area contributed by atoms with Gasteiger partial charge in [0.25, 0.3) is 0 Å². The van der Waals surface area contributed by atoms with E-state index >= 15 is 0 Å². The Labute approximate surface area is 284 Å². The van der Waals surface area contributed by atoms with E-state index in [1.165, 1.54) is 22.3 Å². The fraction of sp³-hybridized carbons (Fsp3) is 0. The topological polar surface area (TPSA) is 43.6 Å². The number of para-hydroxylation sites is 1. The first-order valence-corrected chi connectivity index (χ1v) is 16.4. The highest BCUT2D eigenvalue weighted by molar-refractivity contribution is 5.96. The second kappa shape index (κ2) is 12.2. The molecule has 0 atom stereocenters. The Morgan fingerprint density at radius 3 is 1.51 bits per heavy atom. The maximum absolute atomic E-state index is 5.08. The first-order chi connectivity index (χ1) is 24.3. The molecule has 230 valence electrons. The van der Waals surface area contributed by atoms with Gasteiger partial charge in [0, 0.05) is 17.1 Å². The van der Waals surface area contributed by atoms with Gasteiger partial charge in [-0.25, -0.2) is 0 Å². The van der Waals surface area contributed by atoms with E-state index in [1.807, 2.05) is 30.5 Å². The molecule has 0 spiro atoms. The molecule has 0 unspecified atom stereocenters. The van der Waals surface area contributed by atoms with Crippen molar-refractivity contribution in [1.82, 2.24) is 20.0 Å². The summed E-state index contributed by atoms with van der Waals surface area (Å²) in [6.45, 7) is 0. The zero-order valence-electron chi connectivity index (χ0n) is 26.6. The number of nitrogens with zero attached hydrogens (tertiary/aromatic N) is 4. The number of benzene rings is 7. The molecule has 0 bridgehead atoms. The Balaban J connectivity index is 1.13. The van der Waals surface area contributed by atoms with Gasteiger partial charge in [-0.2, -0.15) is 4.80 Å². The van der Waals surface area contributed by atoms with Crippen molar-refractivity contribution in [3.63, 3.8) is 0 Å². The lowest BCUT2D eigenvalue weighted by atomic mass is 9.95. The normalized spacial score (nSPS) is 11.3. The molecule has 4 heteroatoms. The summed E-state index contributed by atoms with van der Waals surface area (Å²) in [6, 6.07) is 61.6. The maximum Gasteiger partial charge on any atom is 0.121 e. The SMILES string of the molecule is c1ccc(-c2ccc(-c3cc(-c4ccc(-c5ccccc5)cc4)c4nn(-c5ccc(-c6ccnc7ccccc67)cc5)nc4c3)cc2)cc1. The molecule has 9 rings (SSSR count). The number of fused-ring (bicyclic) bond motifs is 2. The van der Waals surface area contributed by atoms with Crippen molar-refractivity contribution in [2.75, 3.05) is 0 Å². The van der Waals surface area contributed by atoms with Crippen LogP contribution in [0.25, 0.3) is 83.3 Å². The average Bonchev–Trinajstić information content (AvgIpc) is 3.63. The highest BCUT2D eigenvalue weighted by Gasteiger charge is 2.15. The molecule has 7 aromatic carbocycles. The summed E-state index contributed by atoms with van der Waals surface area (Å²) in [5, 5.41) is 11.2. The van der Waals surface area contributed by atoms with E-state index in [9.17, 15) is 0 Å². The largest absolute Gasteiger partial charge is 0.256 e. The number of hydrogen-bond acceptors (Lipinski definition) is 3. The predicted octanol–water partition coefficient (Wildman–Crippen LogP) is 11.3. The smallest absolute Gasteiger partial charge is 0.121 e. The Morgan fingerprint density at radius 2 is 0.857 bits per heavy atom. The van der Waals surface area contributed by atoms with Crippen molar-refractivity contribution in [2.45, 2.75) is 0 Å². The van der Waals surface area contributed by atoms with Crippen molar-refractivity contribution in [1.29, 1.82) is 0 Å². The second-order valence-electron chi connectivity index (χ2n) is 12.2. The molecule has 0 fully saturated rings. The van der Waals surface area contributed by atoms with Crippen molar-refractivity contribution < 1.29 is 0 Å². The van der Waals surface area contributed by atoms with Crippen molar-refractivity contribution in [3.8, 4) is 61.3 Å². The van der Waals surface area contributed by atoms with Crippen LogP contribution in [0.15, 0.2) is 182 Å². The maximum atomic E-state index is 5.08. The first kappa shape index (κ1) is 28.6. The molecular formula is C45H30N4. The number of rotatable bonds is 6. The molecule has 0 radical (unpaired) electrons. The van der Waals surface area contributed by atoms with Crippen molar-refractivity contribution in [3.05, 3.63) is 182 Å². The van der Waals surface area contributed by atoms with E-state index in [-0.39, 0.29) is 0 Å². The van der Waals surface area contributed by atoms with Crippen LogP contribution in [-0.4, -0.2) is 20.0 Å². The van der Waals surface area contributed by atoms with Crippen LogP contribution in [0.1, 0.15) is 0 Å². The van der Waals surface area contributed by atoms with E-state index in [1.54, 1.807) is 4.80 Å². The summed E-state index contributed by atoms with van der Waals surface area (Å²) >= 11 is 0. The molecule has 2 aromatic heterocycles. The second-order valence-corrected chi connectivity index (χ2v) is 12.2. The van der Waals surface area contributed by atoms with Gasteiger partial charge in [0.2, 0.25) is 0 Å². The minimum Gasteiger partial charge on any atom is -0.256 e. The van der Waals surface area contributed by atoms with Gasteiger partial charge in [0.15, 0.2) is 0 Å². The highest BCUT2D eigenvalue weighted by atomic mass is 15.5. The van der Waals surface area contributed by atoms with Crippen LogP contribution in [0, 0.1) is 0 Å². The van der Waals surface area contributed by atoms with E-state index in [0.717, 1.165) is 61.0 Å². The molecule has 2 heterocycles. The van der Waals surface area contributed by atoms with Crippen LogP contribution >= 0.6 is 0 Å². The Hall–Kier alpha value is -6.65. The highest BCUT2D eigenvalue weighted by Crippen LogP contribution is 2.35. The minimum absolute atomic E-state index is 0.843. The predicted molar refractivity (Wildman–Crippen MR) is 201 cm³/mol. The lowest BCUT2D eigenvalue weighted by Crippen LogP contribution is -1.98. The van der Waals surface area contributed by atoms with Crippen LogP contribution in [0.3, 0.4) is 0 Å². The summed E-state index contributed by atoms with van der Waals surface area (Å²) in [5.41, 5.74) is 15.0. The molecule has 9 aromatic rings. The molecule has 0 saturated carbocycles. The monoisotopic (exact) mass is 626 g/mol. The third-order valence-corrected chi connectivity index (χ3v) is 9.17. The molecule has 0 amide bonds. The molecule has 49 heavy (non-hydrogen) atoms. The molecular weight excluding hydrogens is 597 g/mol. The Kier molecular flexibility index (Phi) is 7.10. The van der Waals surface area contributed by atoms with E-state index in [0.29, 0.717) is 0 Å². The minimum atomic E-state index is 0.843. The molecule has 4 nitrogen and oxygen atoms in total. The average molecular weight is 627 g/mol. The number of hydrogen-bond donors (Lipinski definition) is 0. The quantitative estimate of drug-likeness (QED) is 0.184. The summed E-state index contributed by atoms with van der Waals surface area (Å²) < 4.78 is 0. The van der Waals surface area contributed by atoms with E-state index in [4.69, 9.17) is 10.2 Å². The van der Waals surface area contributed by atoms with Crippen LogP contribution in [0.4, 0.5) is 0 Å². The van der Waals surface area contributed by atoms with Crippen LogP contribution < -0.4 is 0 Å². The van der Waals surface area contributed by atoms with Gasteiger partial charge < -0.3 is 0 Å². The summed E-state index contributed by atoms with van der Waals surface area (Å²) in [4.78, 5) is 6.29. The van der Waals surface area contributed by atoms with Gasteiger partial charge in [-0.15, -0.1) is 10.2 Å². The zero-order valence-corrected chi connectivity index (χ0v) is 26.6. The standard InChI is InChI=1S/C45H30N4/c1-3-9-31(10-4-1)33-15-17-35(18-16-33)38-29-42(37-21-19-34(20-22-37)32-11-5-2-6-12-32)45-44(30-38)47-49(48-45)39-25-23-36(24-26-39)40-27-28-46-43-14-8-7-13-41(40)43/h1-30H. The first-order valence-electron chi connectivity index (χ1n) is 16.4. The van der Waals surface area contributed by atoms with Crippen molar-refractivity contribution in [2.24, 2.45) is 0 Å². The Morgan fingerprint density at radius 1 is 0.347 bits per heavy atom. The van der Waals surface area contributed by atoms with Gasteiger partial charge in [-0.05, 0) is 86.5 Å². The van der Waals surface area contributed by atoms with Gasteiger partial charge in [0.1, 0.15) is 11.0 Å². The molecule has 0 saturated heterocycles. The summed E-state index contributed by atoms with van der Waals surface area (Å²) in [6.07, 6.45) is 1.87. The van der Waals surface area contributed by atoms with Crippen molar-refractivity contribution >= 4 is 21.9 Å². The molecule has 0 aliphatic carbocycles. The third-order valence-electron chi connectivity index (χ3n) is 9.17. The number of aromatic nitrogens is 4. The van der Waals surface area contributed by atoms with Crippen LogP contribution in [0.5, 0.6) is 0 Å². The van der Waals surface area contributed by atoms with Gasteiger partial charge in [-0.3, -0.25) is 4.98 Å². The van der Waals surface area contributed by atoms with Crippen LogP contribution in [0.2, 0.25) is 0 Å². The van der Waals surface area contributed by atoms with Gasteiger partial charge in [-0.1, -0.05) is 140 Å². The molecule has 0 aliphatic rings. The zero-order chi connectivity index (χ0) is 32.6. The fourth-order valence-corrected chi connectivity index (χ4v) is 6.60. The summed E-state index contributed by atoms with van der Waals surface area (Å²) in [5.74, 6) is 0. The van der Waals surface area contributed by atoms with Gasteiger partial charge in [0.05, 0.1) is 11.2 Å². The van der Waals surface area contributed by atoms with E-state index in [2.05, 4.69) is 157 Å². The molecule has 0 aliphatic heterocycles. The number of pyridine rings is 1. The summed E-state index contributed by atoms with van der Waals surface area (Å²) in [7, 11) is 0. The fourth-order valence-electron chi connectivity index (χ4n) is 6.60. The molecule has 0 N–H and O–H groups in total. The van der Waals surface area contributed by atoms with Crippen LogP contribution in [-0.2, 0) is 0 Å². The lowest BCUT2D eigenvalue weighted by Gasteiger charge is -2.09. The lowest BCUT2D eigenvalue weighted by molar-refractivity contribution is 0.766. The Bertz CT molecular complexity index is 2550. The third kappa shape index (κ3) is 5.45. The van der Waals surface area contributed by atoms with E-state index < -0.39 is 0 Å².